The lowest BCUT2D eigenvalue weighted by molar-refractivity contribution is -0.156. The number of methoxy groups -OCH3 is 2. The maximum absolute atomic E-state index is 12.9. The van der Waals surface area contributed by atoms with E-state index in [-0.39, 0.29) is 23.3 Å². The van der Waals surface area contributed by atoms with Gasteiger partial charge in [-0.25, -0.2) is 4.98 Å². The molecule has 2 saturated heterocycles. The second-order valence-electron chi connectivity index (χ2n) is 9.57. The minimum Gasteiger partial charge on any atom is -0.493 e. The number of carbonyl (C=O) groups is 2. The van der Waals surface area contributed by atoms with Gasteiger partial charge < -0.3 is 20.1 Å². The molecule has 0 bridgehead atoms. The van der Waals surface area contributed by atoms with Crippen molar-refractivity contribution in [3.8, 4) is 11.5 Å². The number of amides is 2. The molecule has 3 heterocycles. The van der Waals surface area contributed by atoms with E-state index in [0.29, 0.717) is 72.9 Å². The van der Waals surface area contributed by atoms with Crippen molar-refractivity contribution in [2.75, 3.05) is 37.9 Å². The smallest absolute Gasteiger partial charge is 0.230 e. The van der Waals surface area contributed by atoms with E-state index in [4.69, 9.17) is 20.2 Å². The largest absolute Gasteiger partial charge is 0.493 e. The van der Waals surface area contributed by atoms with Crippen LogP contribution in [0.4, 0.5) is 11.8 Å². The summed E-state index contributed by atoms with van der Waals surface area (Å²) in [6.45, 7) is 1.32. The fourth-order valence-corrected chi connectivity index (χ4v) is 5.83. The highest BCUT2D eigenvalue weighted by atomic mass is 16.5. The molecular weight excluding hydrogens is 422 g/mol. The Morgan fingerprint density at radius 1 is 0.970 bits per heavy atom. The molecule has 2 N–H and O–H groups in total. The third-order valence-electron chi connectivity index (χ3n) is 7.59. The van der Waals surface area contributed by atoms with Crippen LogP contribution in [0.5, 0.6) is 11.5 Å². The van der Waals surface area contributed by atoms with Crippen LogP contribution in [0, 0.1) is 5.41 Å². The number of benzene rings is 1. The Kier molecular flexibility index (Phi) is 5.50. The molecule has 1 aliphatic carbocycles. The maximum atomic E-state index is 12.9. The van der Waals surface area contributed by atoms with Crippen molar-refractivity contribution in [2.45, 2.75) is 57.4 Å². The third-order valence-corrected chi connectivity index (χ3v) is 7.59. The standard InChI is InChI=1S/C24H31N5O4/c1-32-18-11-16-17(12-19(18)33-2)26-23(27-22(16)25)28-9-5-15(6-10-28)29-20(30)13-24(14-21(29)31)7-3-4-8-24/h11-12,15H,3-10,13-14H2,1-2H3,(H2,25,26,27). The van der Waals surface area contributed by atoms with Gasteiger partial charge in [-0.2, -0.15) is 4.98 Å². The highest BCUT2D eigenvalue weighted by Gasteiger charge is 2.47. The lowest BCUT2D eigenvalue weighted by Crippen LogP contribution is -2.55. The first-order chi connectivity index (χ1) is 15.9. The number of anilines is 2. The predicted molar refractivity (Wildman–Crippen MR) is 124 cm³/mol. The molecule has 9 heteroatoms. The van der Waals surface area contributed by atoms with E-state index in [1.807, 2.05) is 0 Å². The fourth-order valence-electron chi connectivity index (χ4n) is 5.83. The van der Waals surface area contributed by atoms with Crippen LogP contribution < -0.4 is 20.1 Å². The molecule has 9 nitrogen and oxygen atoms in total. The van der Waals surface area contributed by atoms with Gasteiger partial charge in [0.25, 0.3) is 0 Å². The van der Waals surface area contributed by atoms with Gasteiger partial charge in [-0.3, -0.25) is 14.5 Å². The molecule has 176 valence electrons. The van der Waals surface area contributed by atoms with Crippen molar-refractivity contribution in [1.29, 1.82) is 0 Å². The molecule has 3 fully saturated rings. The normalized spacial score (nSPS) is 21.3. The summed E-state index contributed by atoms with van der Waals surface area (Å²) in [6.07, 6.45) is 6.74. The average molecular weight is 454 g/mol. The number of aromatic nitrogens is 2. The second kappa shape index (κ2) is 8.35. The number of carbonyl (C=O) groups excluding carboxylic acids is 2. The van der Waals surface area contributed by atoms with Crippen molar-refractivity contribution in [2.24, 2.45) is 5.41 Å². The molecule has 5 rings (SSSR count). The van der Waals surface area contributed by atoms with Gasteiger partial charge in [0.1, 0.15) is 5.82 Å². The summed E-state index contributed by atoms with van der Waals surface area (Å²) in [4.78, 5) is 38.8. The summed E-state index contributed by atoms with van der Waals surface area (Å²) >= 11 is 0. The van der Waals surface area contributed by atoms with Crippen molar-refractivity contribution < 1.29 is 19.1 Å². The van der Waals surface area contributed by atoms with Crippen molar-refractivity contribution in [3.05, 3.63) is 12.1 Å². The molecule has 3 aliphatic rings. The Labute approximate surface area is 193 Å². The number of rotatable bonds is 4. The molecule has 2 aromatic rings. The number of piperidine rings is 2. The van der Waals surface area contributed by atoms with E-state index in [0.717, 1.165) is 25.7 Å². The minimum atomic E-state index is -0.0639. The number of fused-ring (bicyclic) bond motifs is 1. The van der Waals surface area contributed by atoms with Crippen LogP contribution in [-0.4, -0.2) is 60.0 Å². The quantitative estimate of drug-likeness (QED) is 0.704. The summed E-state index contributed by atoms with van der Waals surface area (Å²) in [5.41, 5.74) is 6.86. The number of nitrogen functional groups attached to an aromatic ring is 1. The number of imide groups is 1. The first-order valence-corrected chi connectivity index (χ1v) is 11.7. The van der Waals surface area contributed by atoms with Crippen molar-refractivity contribution >= 4 is 34.5 Å². The summed E-state index contributed by atoms with van der Waals surface area (Å²) in [5.74, 6) is 2.10. The van der Waals surface area contributed by atoms with Gasteiger partial charge >= 0.3 is 0 Å². The van der Waals surface area contributed by atoms with E-state index >= 15 is 0 Å². The molecule has 1 saturated carbocycles. The number of nitrogens with zero attached hydrogens (tertiary/aromatic N) is 4. The zero-order valence-electron chi connectivity index (χ0n) is 19.3. The van der Waals surface area contributed by atoms with Gasteiger partial charge in [-0.05, 0) is 37.2 Å². The first-order valence-electron chi connectivity index (χ1n) is 11.7. The molecule has 1 aromatic carbocycles. The molecule has 1 aromatic heterocycles. The summed E-state index contributed by atoms with van der Waals surface area (Å²) in [6, 6.07) is 3.53. The molecule has 1 spiro atoms. The Bertz CT molecular complexity index is 1070. The lowest BCUT2D eigenvalue weighted by Gasteiger charge is -2.43. The topological polar surface area (TPSA) is 111 Å². The number of ether oxygens (including phenoxy) is 2. The van der Waals surface area contributed by atoms with Gasteiger partial charge in [0.15, 0.2) is 11.5 Å². The van der Waals surface area contributed by atoms with Gasteiger partial charge in [-0.1, -0.05) is 12.8 Å². The zero-order valence-corrected chi connectivity index (χ0v) is 19.3. The van der Waals surface area contributed by atoms with Crippen LogP contribution in [0.1, 0.15) is 51.4 Å². The summed E-state index contributed by atoms with van der Waals surface area (Å²) < 4.78 is 10.8. The highest BCUT2D eigenvalue weighted by Crippen LogP contribution is 2.47. The SMILES string of the molecule is COc1cc2nc(N3CCC(N4C(=O)CC5(CCCC5)CC4=O)CC3)nc(N)c2cc1OC. The molecule has 2 amide bonds. The lowest BCUT2D eigenvalue weighted by atomic mass is 9.75. The molecule has 0 unspecified atom stereocenters. The Balaban J connectivity index is 1.31. The van der Waals surface area contributed by atoms with Gasteiger partial charge in [0.05, 0.1) is 19.7 Å². The molecule has 0 atom stereocenters. The van der Waals surface area contributed by atoms with Crippen LogP contribution in [0.3, 0.4) is 0 Å². The van der Waals surface area contributed by atoms with Crippen LogP contribution in [0.25, 0.3) is 10.9 Å². The van der Waals surface area contributed by atoms with Gasteiger partial charge in [-0.15, -0.1) is 0 Å². The zero-order chi connectivity index (χ0) is 23.2. The Hall–Kier alpha value is -3.10. The fraction of sp³-hybridized carbons (Fsp3) is 0.583. The second-order valence-corrected chi connectivity index (χ2v) is 9.57. The van der Waals surface area contributed by atoms with E-state index in [1.165, 1.54) is 0 Å². The van der Waals surface area contributed by atoms with E-state index < -0.39 is 0 Å². The third kappa shape index (κ3) is 3.83. The monoisotopic (exact) mass is 453 g/mol. The van der Waals surface area contributed by atoms with Crippen molar-refractivity contribution in [3.63, 3.8) is 0 Å². The number of nitrogens with two attached hydrogens (primary N) is 1. The molecule has 0 radical (unpaired) electrons. The van der Waals surface area contributed by atoms with E-state index in [1.54, 1.807) is 31.3 Å². The van der Waals surface area contributed by atoms with Gasteiger partial charge in [0.2, 0.25) is 17.8 Å². The van der Waals surface area contributed by atoms with E-state index in [9.17, 15) is 9.59 Å². The Morgan fingerprint density at radius 2 is 1.58 bits per heavy atom. The number of hydrogen-bond acceptors (Lipinski definition) is 8. The summed E-state index contributed by atoms with van der Waals surface area (Å²) in [5, 5.41) is 0.705. The number of likely N-dealkylation sites (tertiary alicyclic amines) is 1. The summed E-state index contributed by atoms with van der Waals surface area (Å²) in [7, 11) is 3.16. The molecular formula is C24H31N5O4. The average Bonchev–Trinajstić information content (AvgIpc) is 3.25. The van der Waals surface area contributed by atoms with E-state index in [2.05, 4.69) is 9.88 Å². The van der Waals surface area contributed by atoms with Crippen molar-refractivity contribution in [1.82, 2.24) is 14.9 Å². The molecule has 2 aliphatic heterocycles. The van der Waals surface area contributed by atoms with Crippen LogP contribution in [0.2, 0.25) is 0 Å². The first kappa shape index (κ1) is 21.7. The highest BCUT2D eigenvalue weighted by molar-refractivity contribution is 5.99. The van der Waals surface area contributed by atoms with Crippen LogP contribution in [0.15, 0.2) is 12.1 Å². The maximum Gasteiger partial charge on any atom is 0.230 e. The molecule has 33 heavy (non-hydrogen) atoms. The minimum absolute atomic E-state index is 0.0128. The Morgan fingerprint density at radius 3 is 2.18 bits per heavy atom. The van der Waals surface area contributed by atoms with Crippen LogP contribution >= 0.6 is 0 Å². The number of hydrogen-bond donors (Lipinski definition) is 1. The van der Waals surface area contributed by atoms with Crippen LogP contribution in [-0.2, 0) is 9.59 Å². The van der Waals surface area contributed by atoms with Gasteiger partial charge in [0, 0.05) is 43.4 Å². The predicted octanol–water partition coefficient (Wildman–Crippen LogP) is 2.91.